The lowest BCUT2D eigenvalue weighted by atomic mass is 10.0. The van der Waals surface area contributed by atoms with Crippen molar-refractivity contribution < 1.29 is 4.79 Å². The molecule has 0 radical (unpaired) electrons. The van der Waals surface area contributed by atoms with Gasteiger partial charge in [0.05, 0.1) is 5.69 Å². The van der Waals surface area contributed by atoms with E-state index in [9.17, 15) is 4.79 Å². The van der Waals surface area contributed by atoms with Gasteiger partial charge < -0.3 is 5.32 Å². The van der Waals surface area contributed by atoms with Crippen LogP contribution in [0.5, 0.6) is 0 Å². The molecule has 2 rings (SSSR count). The van der Waals surface area contributed by atoms with E-state index in [1.54, 1.807) is 0 Å². The average Bonchev–Trinajstić information content (AvgIpc) is 2.68. The molecule has 0 bridgehead atoms. The minimum Gasteiger partial charge on any atom is -0.302 e. The predicted octanol–water partition coefficient (Wildman–Crippen LogP) is 2.48. The summed E-state index contributed by atoms with van der Waals surface area (Å²) in [5.74, 6) is -0.0581. The minimum absolute atomic E-state index is 0.0581. The summed E-state index contributed by atoms with van der Waals surface area (Å²) in [6.45, 7) is 5.85. The summed E-state index contributed by atoms with van der Waals surface area (Å²) in [6, 6.07) is 0.648. The Morgan fingerprint density at radius 2 is 2.47 bits per heavy atom. The summed E-state index contributed by atoms with van der Waals surface area (Å²) in [6.07, 6.45) is 3.90. The van der Waals surface area contributed by atoms with Crippen molar-refractivity contribution >= 4 is 22.4 Å². The van der Waals surface area contributed by atoms with Crippen LogP contribution in [0.4, 0.5) is 5.13 Å². The first-order valence-corrected chi connectivity index (χ1v) is 6.99. The number of rotatable bonds is 3. The van der Waals surface area contributed by atoms with E-state index in [-0.39, 0.29) is 5.91 Å². The molecule has 0 aromatic carbocycles. The molecule has 5 heteroatoms. The number of nitrogens with zero attached hydrogens (tertiary/aromatic N) is 2. The Morgan fingerprint density at radius 3 is 3.18 bits per heavy atom. The summed E-state index contributed by atoms with van der Waals surface area (Å²) in [5, 5.41) is 5.46. The van der Waals surface area contributed by atoms with Crippen LogP contribution in [0.3, 0.4) is 0 Å². The predicted molar refractivity (Wildman–Crippen MR) is 70.1 cm³/mol. The lowest BCUT2D eigenvalue weighted by Crippen LogP contribution is -2.36. The highest BCUT2D eigenvalue weighted by Crippen LogP contribution is 2.21. The molecule has 4 nitrogen and oxygen atoms in total. The van der Waals surface area contributed by atoms with Crippen molar-refractivity contribution in [1.29, 1.82) is 0 Å². The third-order valence-corrected chi connectivity index (χ3v) is 3.95. The molecule has 1 aliphatic rings. The third kappa shape index (κ3) is 3.51. The van der Waals surface area contributed by atoms with Gasteiger partial charge >= 0.3 is 0 Å². The number of anilines is 1. The number of piperidine rings is 1. The Kier molecular flexibility index (Phi) is 4.12. The van der Waals surface area contributed by atoms with Gasteiger partial charge in [-0.2, -0.15) is 0 Å². The number of carbonyl (C=O) groups is 1. The monoisotopic (exact) mass is 253 g/mol. The molecule has 1 aromatic rings. The van der Waals surface area contributed by atoms with Crippen molar-refractivity contribution in [3.05, 3.63) is 11.1 Å². The first-order chi connectivity index (χ1) is 8.15. The van der Waals surface area contributed by atoms with Crippen molar-refractivity contribution in [2.24, 2.45) is 0 Å². The molecule has 0 spiro atoms. The van der Waals surface area contributed by atoms with Crippen molar-refractivity contribution in [3.8, 4) is 0 Å². The van der Waals surface area contributed by atoms with Gasteiger partial charge in [0.15, 0.2) is 5.13 Å². The summed E-state index contributed by atoms with van der Waals surface area (Å²) in [4.78, 5) is 17.8. The Labute approximate surface area is 106 Å². The number of carbonyl (C=O) groups excluding carboxylic acids is 1. The molecule has 17 heavy (non-hydrogen) atoms. The first-order valence-electron chi connectivity index (χ1n) is 6.11. The van der Waals surface area contributed by atoms with Gasteiger partial charge in [0, 0.05) is 24.9 Å². The van der Waals surface area contributed by atoms with Gasteiger partial charge in [0.25, 0.3) is 0 Å². The van der Waals surface area contributed by atoms with Crippen LogP contribution >= 0.6 is 11.3 Å². The second-order valence-electron chi connectivity index (χ2n) is 4.64. The van der Waals surface area contributed by atoms with Gasteiger partial charge in [-0.25, -0.2) is 4.98 Å². The highest BCUT2D eigenvalue weighted by Gasteiger charge is 2.19. The van der Waals surface area contributed by atoms with Crippen LogP contribution in [0.1, 0.15) is 38.8 Å². The van der Waals surface area contributed by atoms with Crippen LogP contribution in [0.15, 0.2) is 5.38 Å². The van der Waals surface area contributed by atoms with Gasteiger partial charge in [-0.05, 0) is 26.3 Å². The van der Waals surface area contributed by atoms with Gasteiger partial charge in [-0.15, -0.1) is 11.3 Å². The smallest absolute Gasteiger partial charge is 0.223 e. The average molecular weight is 253 g/mol. The van der Waals surface area contributed by atoms with Crippen molar-refractivity contribution in [2.75, 3.05) is 11.9 Å². The molecule has 1 aliphatic heterocycles. The fourth-order valence-corrected chi connectivity index (χ4v) is 2.94. The van der Waals surface area contributed by atoms with E-state index < -0.39 is 0 Å². The number of thiazole rings is 1. The lowest BCUT2D eigenvalue weighted by Gasteiger charge is -2.32. The minimum atomic E-state index is -0.0581. The molecular weight excluding hydrogens is 234 g/mol. The van der Waals surface area contributed by atoms with Crippen molar-refractivity contribution in [3.63, 3.8) is 0 Å². The Balaban J connectivity index is 1.93. The zero-order valence-corrected chi connectivity index (χ0v) is 11.2. The Bertz CT molecular complexity index is 391. The van der Waals surface area contributed by atoms with Gasteiger partial charge in [-0.1, -0.05) is 6.42 Å². The second kappa shape index (κ2) is 5.60. The quantitative estimate of drug-likeness (QED) is 0.900. The topological polar surface area (TPSA) is 45.2 Å². The number of hydrogen-bond acceptors (Lipinski definition) is 4. The van der Waals surface area contributed by atoms with E-state index in [2.05, 4.69) is 22.1 Å². The normalized spacial score (nSPS) is 21.4. The van der Waals surface area contributed by atoms with E-state index in [0.29, 0.717) is 11.2 Å². The first kappa shape index (κ1) is 12.5. The van der Waals surface area contributed by atoms with Gasteiger partial charge in [-0.3, -0.25) is 9.69 Å². The van der Waals surface area contributed by atoms with E-state index >= 15 is 0 Å². The zero-order valence-electron chi connectivity index (χ0n) is 10.4. The molecular formula is C12H19N3OS. The molecule has 1 aromatic heterocycles. The SMILES string of the molecule is CC(=O)Nc1nc(CN2CCCCC2C)cs1. The molecule has 1 fully saturated rings. The summed E-state index contributed by atoms with van der Waals surface area (Å²) < 4.78 is 0. The lowest BCUT2D eigenvalue weighted by molar-refractivity contribution is -0.114. The van der Waals surface area contributed by atoms with Crippen LogP contribution < -0.4 is 5.32 Å². The number of likely N-dealkylation sites (tertiary alicyclic amines) is 1. The van der Waals surface area contributed by atoms with E-state index in [1.807, 2.05) is 5.38 Å². The van der Waals surface area contributed by atoms with Gasteiger partial charge in [0.1, 0.15) is 0 Å². The Hall–Kier alpha value is -0.940. The molecule has 1 amide bonds. The van der Waals surface area contributed by atoms with E-state index in [4.69, 9.17) is 0 Å². The second-order valence-corrected chi connectivity index (χ2v) is 5.50. The van der Waals surface area contributed by atoms with Crippen LogP contribution in [-0.4, -0.2) is 28.4 Å². The summed E-state index contributed by atoms with van der Waals surface area (Å²) >= 11 is 1.50. The highest BCUT2D eigenvalue weighted by molar-refractivity contribution is 7.13. The van der Waals surface area contributed by atoms with Crippen molar-refractivity contribution in [2.45, 2.75) is 45.7 Å². The number of amides is 1. The highest BCUT2D eigenvalue weighted by atomic mass is 32.1. The standard InChI is InChI=1S/C12H19N3OS/c1-9-5-3-4-6-15(9)7-11-8-17-12(14-11)13-10(2)16/h8-9H,3-7H2,1-2H3,(H,13,14,16). The number of aromatic nitrogens is 1. The van der Waals surface area contributed by atoms with Crippen molar-refractivity contribution in [1.82, 2.24) is 9.88 Å². The van der Waals surface area contributed by atoms with Crippen LogP contribution in [-0.2, 0) is 11.3 Å². The molecule has 1 atom stereocenters. The summed E-state index contributed by atoms with van der Waals surface area (Å²) in [5.41, 5.74) is 1.06. The van der Waals surface area contributed by atoms with Crippen LogP contribution in [0.25, 0.3) is 0 Å². The van der Waals surface area contributed by atoms with E-state index in [1.165, 1.54) is 37.5 Å². The molecule has 0 saturated carbocycles. The maximum Gasteiger partial charge on any atom is 0.223 e. The van der Waals surface area contributed by atoms with Gasteiger partial charge in [0.2, 0.25) is 5.91 Å². The maximum atomic E-state index is 10.9. The Morgan fingerprint density at radius 1 is 1.65 bits per heavy atom. The molecule has 1 unspecified atom stereocenters. The van der Waals surface area contributed by atoms with Crippen LogP contribution in [0.2, 0.25) is 0 Å². The zero-order chi connectivity index (χ0) is 12.3. The number of hydrogen-bond donors (Lipinski definition) is 1. The largest absolute Gasteiger partial charge is 0.302 e. The molecule has 1 N–H and O–H groups in total. The molecule has 1 saturated heterocycles. The number of nitrogens with one attached hydrogen (secondary N) is 1. The fraction of sp³-hybridized carbons (Fsp3) is 0.667. The molecule has 94 valence electrons. The van der Waals surface area contributed by atoms with Crippen LogP contribution in [0, 0.1) is 0 Å². The fourth-order valence-electron chi connectivity index (χ4n) is 2.19. The maximum absolute atomic E-state index is 10.9. The molecule has 2 heterocycles. The third-order valence-electron chi connectivity index (χ3n) is 3.14. The summed E-state index contributed by atoms with van der Waals surface area (Å²) in [7, 11) is 0. The van der Waals surface area contributed by atoms with E-state index in [0.717, 1.165) is 18.8 Å². The molecule has 0 aliphatic carbocycles.